The number of ketones is 1. The Balaban J connectivity index is 1.78. The third-order valence-electron chi connectivity index (χ3n) is 5.35. The summed E-state index contributed by atoms with van der Waals surface area (Å²) in [5.41, 5.74) is 7.07. The molecule has 0 amide bonds. The standard InChI is InChI=1S/C20H30N6O/c1-3-4-10-20(2,11-9-16(27)14-7-5-12-22-14)26-18-17-15(8-6-13-23-17)24-19(21)25-18/h6,8,13-14,22H,3-5,7,9-12H2,1-2H3,(H3,21,24,25,26)/t14-,20?/m0/s1. The molecule has 7 heteroatoms. The number of carbonyl (C=O) groups excluding carboxylic acids is 1. The van der Waals surface area contributed by atoms with Crippen molar-refractivity contribution in [1.82, 2.24) is 20.3 Å². The summed E-state index contributed by atoms with van der Waals surface area (Å²) < 4.78 is 0. The summed E-state index contributed by atoms with van der Waals surface area (Å²) in [6.45, 7) is 5.28. The Kier molecular flexibility index (Phi) is 6.21. The smallest absolute Gasteiger partial charge is 0.222 e. The number of nitrogens with two attached hydrogens (primary N) is 1. The first-order chi connectivity index (χ1) is 13.0. The highest BCUT2D eigenvalue weighted by atomic mass is 16.1. The van der Waals surface area contributed by atoms with Gasteiger partial charge >= 0.3 is 0 Å². The quantitative estimate of drug-likeness (QED) is 0.623. The van der Waals surface area contributed by atoms with E-state index < -0.39 is 0 Å². The van der Waals surface area contributed by atoms with Crippen molar-refractivity contribution in [2.45, 2.75) is 70.4 Å². The predicted molar refractivity (Wildman–Crippen MR) is 109 cm³/mol. The van der Waals surface area contributed by atoms with E-state index in [9.17, 15) is 4.79 Å². The summed E-state index contributed by atoms with van der Waals surface area (Å²) in [6.07, 6.45) is 8.19. The Morgan fingerprint density at radius 2 is 2.26 bits per heavy atom. The summed E-state index contributed by atoms with van der Waals surface area (Å²) in [5.74, 6) is 1.17. The van der Waals surface area contributed by atoms with Gasteiger partial charge in [0.2, 0.25) is 5.95 Å². The maximum absolute atomic E-state index is 12.5. The Morgan fingerprint density at radius 1 is 1.41 bits per heavy atom. The van der Waals surface area contributed by atoms with Gasteiger partial charge in [-0.2, -0.15) is 4.98 Å². The zero-order chi connectivity index (χ0) is 19.3. The fourth-order valence-electron chi connectivity index (χ4n) is 3.71. The van der Waals surface area contributed by atoms with Gasteiger partial charge in [0.15, 0.2) is 5.82 Å². The molecule has 3 heterocycles. The number of hydrogen-bond acceptors (Lipinski definition) is 7. The minimum atomic E-state index is -0.254. The molecular formula is C20H30N6O. The van der Waals surface area contributed by atoms with Crippen molar-refractivity contribution in [3.63, 3.8) is 0 Å². The Labute approximate surface area is 160 Å². The van der Waals surface area contributed by atoms with E-state index in [1.54, 1.807) is 6.20 Å². The van der Waals surface area contributed by atoms with Crippen LogP contribution in [0.2, 0.25) is 0 Å². The molecule has 146 valence electrons. The van der Waals surface area contributed by atoms with Gasteiger partial charge in [0, 0.05) is 18.2 Å². The molecule has 0 aromatic carbocycles. The molecule has 1 fully saturated rings. The average Bonchev–Trinajstić information content (AvgIpc) is 3.19. The molecule has 2 atom stereocenters. The number of nitrogens with one attached hydrogen (secondary N) is 2. The summed E-state index contributed by atoms with van der Waals surface area (Å²) in [4.78, 5) is 25.6. The number of aromatic nitrogens is 3. The summed E-state index contributed by atoms with van der Waals surface area (Å²) in [5, 5.41) is 6.85. The molecule has 1 saturated heterocycles. The van der Waals surface area contributed by atoms with Crippen LogP contribution < -0.4 is 16.4 Å². The SMILES string of the molecule is CCCCC(C)(CCC(=O)[C@@H]1CCCN1)Nc1nc(N)nc2cccnc12. The molecule has 1 aliphatic rings. The van der Waals surface area contributed by atoms with Crippen molar-refractivity contribution in [2.24, 2.45) is 0 Å². The maximum atomic E-state index is 12.5. The normalized spacial score (nSPS) is 19.1. The van der Waals surface area contributed by atoms with E-state index >= 15 is 0 Å². The molecule has 1 unspecified atom stereocenters. The Morgan fingerprint density at radius 3 is 3.00 bits per heavy atom. The zero-order valence-electron chi connectivity index (χ0n) is 16.3. The molecule has 1 aliphatic heterocycles. The minimum absolute atomic E-state index is 0.0256. The van der Waals surface area contributed by atoms with Gasteiger partial charge in [-0.1, -0.05) is 19.8 Å². The Bertz CT molecular complexity index is 789. The molecule has 0 radical (unpaired) electrons. The van der Waals surface area contributed by atoms with Crippen LogP contribution in [0.25, 0.3) is 11.0 Å². The van der Waals surface area contributed by atoms with Gasteiger partial charge in [0.25, 0.3) is 0 Å². The number of carbonyl (C=O) groups is 1. The fourth-order valence-corrected chi connectivity index (χ4v) is 3.71. The molecular weight excluding hydrogens is 340 g/mol. The van der Waals surface area contributed by atoms with Gasteiger partial charge in [-0.25, -0.2) is 4.98 Å². The van der Waals surface area contributed by atoms with Gasteiger partial charge < -0.3 is 16.4 Å². The lowest BCUT2D eigenvalue weighted by Crippen LogP contribution is -2.38. The lowest BCUT2D eigenvalue weighted by molar-refractivity contribution is -0.121. The molecule has 2 aromatic rings. The number of unbranched alkanes of at least 4 members (excludes halogenated alkanes) is 1. The molecule has 3 rings (SSSR count). The zero-order valence-corrected chi connectivity index (χ0v) is 16.3. The topological polar surface area (TPSA) is 106 Å². The number of Topliss-reactive ketones (excluding diaryl/α,β-unsaturated/α-hetero) is 1. The summed E-state index contributed by atoms with van der Waals surface area (Å²) >= 11 is 0. The minimum Gasteiger partial charge on any atom is -0.368 e. The molecule has 0 bridgehead atoms. The number of pyridine rings is 1. The van der Waals surface area contributed by atoms with Crippen LogP contribution in [0.4, 0.5) is 11.8 Å². The maximum Gasteiger partial charge on any atom is 0.222 e. The van der Waals surface area contributed by atoms with E-state index in [2.05, 4.69) is 39.4 Å². The van der Waals surface area contributed by atoms with E-state index in [1.807, 2.05) is 12.1 Å². The highest BCUT2D eigenvalue weighted by molar-refractivity contribution is 5.86. The second-order valence-electron chi connectivity index (χ2n) is 7.71. The van der Waals surface area contributed by atoms with E-state index in [0.29, 0.717) is 23.5 Å². The summed E-state index contributed by atoms with van der Waals surface area (Å²) in [6, 6.07) is 3.74. The molecule has 7 nitrogen and oxygen atoms in total. The van der Waals surface area contributed by atoms with Gasteiger partial charge in [0.05, 0.1) is 11.6 Å². The highest BCUT2D eigenvalue weighted by Gasteiger charge is 2.29. The summed E-state index contributed by atoms with van der Waals surface area (Å²) in [7, 11) is 0. The van der Waals surface area contributed by atoms with Gasteiger partial charge in [-0.3, -0.25) is 9.78 Å². The Hall–Kier alpha value is -2.28. The van der Waals surface area contributed by atoms with Crippen LogP contribution in [0, 0.1) is 0 Å². The van der Waals surface area contributed by atoms with E-state index in [1.165, 1.54) is 0 Å². The van der Waals surface area contributed by atoms with Crippen molar-refractivity contribution in [3.05, 3.63) is 18.3 Å². The fraction of sp³-hybridized carbons (Fsp3) is 0.600. The first-order valence-corrected chi connectivity index (χ1v) is 9.93. The van der Waals surface area contributed by atoms with Crippen LogP contribution in [0.3, 0.4) is 0 Å². The van der Waals surface area contributed by atoms with Crippen molar-refractivity contribution < 1.29 is 4.79 Å². The highest BCUT2D eigenvalue weighted by Crippen LogP contribution is 2.29. The third kappa shape index (κ3) is 4.91. The molecule has 0 aliphatic carbocycles. The number of anilines is 2. The number of fused-ring (bicyclic) bond motifs is 1. The number of nitrogen functional groups attached to an aromatic ring is 1. The van der Waals surface area contributed by atoms with Gasteiger partial charge in [-0.05, 0) is 51.3 Å². The first kappa shape index (κ1) is 19.5. The van der Waals surface area contributed by atoms with Gasteiger partial charge in [-0.15, -0.1) is 0 Å². The van der Waals surface area contributed by atoms with Crippen molar-refractivity contribution >= 4 is 28.6 Å². The lowest BCUT2D eigenvalue weighted by Gasteiger charge is -2.32. The predicted octanol–water partition coefficient (Wildman–Crippen LogP) is 3.07. The van der Waals surface area contributed by atoms with Crippen LogP contribution in [0.5, 0.6) is 0 Å². The largest absolute Gasteiger partial charge is 0.368 e. The number of rotatable bonds is 9. The van der Waals surface area contributed by atoms with E-state index in [-0.39, 0.29) is 17.5 Å². The lowest BCUT2D eigenvalue weighted by atomic mass is 9.87. The second kappa shape index (κ2) is 8.61. The van der Waals surface area contributed by atoms with Crippen molar-refractivity contribution in [2.75, 3.05) is 17.6 Å². The molecule has 27 heavy (non-hydrogen) atoms. The van der Waals surface area contributed by atoms with Crippen LogP contribution in [0.15, 0.2) is 18.3 Å². The second-order valence-corrected chi connectivity index (χ2v) is 7.71. The molecule has 4 N–H and O–H groups in total. The van der Waals surface area contributed by atoms with Crippen molar-refractivity contribution in [3.8, 4) is 0 Å². The van der Waals surface area contributed by atoms with E-state index in [0.717, 1.165) is 50.6 Å². The van der Waals surface area contributed by atoms with Gasteiger partial charge in [0.1, 0.15) is 11.3 Å². The molecule has 2 aromatic heterocycles. The van der Waals surface area contributed by atoms with Crippen LogP contribution in [0.1, 0.15) is 58.8 Å². The average molecular weight is 371 g/mol. The van der Waals surface area contributed by atoms with Crippen LogP contribution >= 0.6 is 0 Å². The van der Waals surface area contributed by atoms with Crippen LogP contribution in [-0.2, 0) is 4.79 Å². The molecule has 0 saturated carbocycles. The number of nitrogens with zero attached hydrogens (tertiary/aromatic N) is 3. The first-order valence-electron chi connectivity index (χ1n) is 9.93. The molecule has 0 spiro atoms. The monoisotopic (exact) mass is 370 g/mol. The third-order valence-corrected chi connectivity index (χ3v) is 5.35. The van der Waals surface area contributed by atoms with Crippen molar-refractivity contribution in [1.29, 1.82) is 0 Å². The van der Waals surface area contributed by atoms with Crippen LogP contribution in [-0.4, -0.2) is 38.9 Å². The number of hydrogen-bond donors (Lipinski definition) is 3. The van der Waals surface area contributed by atoms with E-state index in [4.69, 9.17) is 5.73 Å².